The lowest BCUT2D eigenvalue weighted by atomic mass is 10.1. The van der Waals surface area contributed by atoms with Crippen molar-refractivity contribution in [3.05, 3.63) is 65.7 Å². The third-order valence-electron chi connectivity index (χ3n) is 3.53. The number of hydrogen-bond acceptors (Lipinski definition) is 2. The molecule has 3 nitrogen and oxygen atoms in total. The van der Waals surface area contributed by atoms with Gasteiger partial charge in [-0.25, -0.2) is 8.78 Å². The molecule has 0 atom stereocenters. The van der Waals surface area contributed by atoms with Gasteiger partial charge in [-0.3, -0.25) is 4.79 Å². The monoisotopic (exact) mass is 333 g/mol. The van der Waals surface area contributed by atoms with Crippen LogP contribution in [0.1, 0.15) is 24.8 Å². The first kappa shape index (κ1) is 17.9. The summed E-state index contributed by atoms with van der Waals surface area (Å²) in [6.45, 7) is 1.12. The minimum atomic E-state index is -0.286. The fourth-order valence-electron chi connectivity index (χ4n) is 2.17. The number of amides is 1. The topological polar surface area (TPSA) is 38.3 Å². The van der Waals surface area contributed by atoms with Gasteiger partial charge in [-0.2, -0.15) is 0 Å². The van der Waals surface area contributed by atoms with E-state index in [0.717, 1.165) is 18.4 Å². The summed E-state index contributed by atoms with van der Waals surface area (Å²) in [4.78, 5) is 11.7. The number of carbonyl (C=O) groups is 1. The molecule has 128 valence electrons. The molecule has 0 fully saturated rings. The van der Waals surface area contributed by atoms with Crippen LogP contribution in [0.2, 0.25) is 0 Å². The minimum Gasteiger partial charge on any atom is -0.494 e. The van der Waals surface area contributed by atoms with Gasteiger partial charge in [0.25, 0.3) is 0 Å². The molecule has 1 N–H and O–H groups in total. The molecule has 0 radical (unpaired) electrons. The Balaban J connectivity index is 1.51. The van der Waals surface area contributed by atoms with E-state index in [4.69, 9.17) is 4.74 Å². The van der Waals surface area contributed by atoms with E-state index in [0.29, 0.717) is 31.7 Å². The first-order chi connectivity index (χ1) is 11.6. The predicted molar refractivity (Wildman–Crippen MR) is 88.9 cm³/mol. The Bertz CT molecular complexity index is 627. The molecule has 5 heteroatoms. The summed E-state index contributed by atoms with van der Waals surface area (Å²) in [5, 5.41) is 2.85. The maximum absolute atomic E-state index is 12.8. The zero-order valence-corrected chi connectivity index (χ0v) is 13.4. The molecular weight excluding hydrogens is 312 g/mol. The summed E-state index contributed by atoms with van der Waals surface area (Å²) < 4.78 is 31.0. The fraction of sp³-hybridized carbons (Fsp3) is 0.316. The highest BCUT2D eigenvalue weighted by Gasteiger charge is 2.02. The normalized spacial score (nSPS) is 10.4. The molecule has 1 amide bonds. The van der Waals surface area contributed by atoms with Crippen molar-refractivity contribution < 1.29 is 18.3 Å². The van der Waals surface area contributed by atoms with Crippen molar-refractivity contribution in [3.63, 3.8) is 0 Å². The van der Waals surface area contributed by atoms with Crippen LogP contribution in [0.4, 0.5) is 8.78 Å². The first-order valence-electron chi connectivity index (χ1n) is 8.03. The van der Waals surface area contributed by atoms with Crippen molar-refractivity contribution in [2.24, 2.45) is 0 Å². The summed E-state index contributed by atoms with van der Waals surface area (Å²) in [5.74, 6) is 0.0651. The van der Waals surface area contributed by atoms with Crippen LogP contribution in [-0.4, -0.2) is 19.1 Å². The number of rotatable bonds is 9. The molecule has 2 aromatic rings. The first-order valence-corrected chi connectivity index (χ1v) is 8.03. The fourth-order valence-corrected chi connectivity index (χ4v) is 2.17. The van der Waals surface area contributed by atoms with E-state index >= 15 is 0 Å². The Morgan fingerprint density at radius 2 is 1.54 bits per heavy atom. The summed E-state index contributed by atoms with van der Waals surface area (Å²) in [6.07, 6.45) is 2.59. The zero-order valence-electron chi connectivity index (χ0n) is 13.4. The van der Waals surface area contributed by atoms with Gasteiger partial charge in [-0.05, 0) is 61.2 Å². The van der Waals surface area contributed by atoms with Crippen LogP contribution in [0.5, 0.6) is 5.75 Å². The van der Waals surface area contributed by atoms with E-state index in [9.17, 15) is 13.6 Å². The summed E-state index contributed by atoms with van der Waals surface area (Å²) >= 11 is 0. The maximum atomic E-state index is 12.8. The van der Waals surface area contributed by atoms with E-state index in [-0.39, 0.29) is 17.5 Å². The molecule has 0 saturated heterocycles. The number of hydrogen-bond donors (Lipinski definition) is 1. The molecule has 0 bridgehead atoms. The van der Waals surface area contributed by atoms with Gasteiger partial charge < -0.3 is 10.1 Å². The lowest BCUT2D eigenvalue weighted by molar-refractivity contribution is -0.121. The summed E-state index contributed by atoms with van der Waals surface area (Å²) in [6, 6.07) is 12.1. The second-order valence-corrected chi connectivity index (χ2v) is 5.49. The van der Waals surface area contributed by atoms with Gasteiger partial charge in [0, 0.05) is 13.0 Å². The number of nitrogens with one attached hydrogen (secondary N) is 1. The van der Waals surface area contributed by atoms with Crippen LogP contribution >= 0.6 is 0 Å². The van der Waals surface area contributed by atoms with Crippen molar-refractivity contribution in [1.29, 1.82) is 0 Å². The van der Waals surface area contributed by atoms with Crippen molar-refractivity contribution in [3.8, 4) is 5.75 Å². The highest BCUT2D eigenvalue weighted by atomic mass is 19.1. The second-order valence-electron chi connectivity index (χ2n) is 5.49. The average Bonchev–Trinajstić information content (AvgIpc) is 2.59. The molecule has 0 heterocycles. The van der Waals surface area contributed by atoms with Crippen LogP contribution in [-0.2, 0) is 11.2 Å². The minimum absolute atomic E-state index is 0.0150. The number of ether oxygens (including phenoxy) is 1. The highest BCUT2D eigenvalue weighted by molar-refractivity contribution is 5.76. The van der Waals surface area contributed by atoms with Crippen molar-refractivity contribution in [2.45, 2.75) is 25.7 Å². The zero-order chi connectivity index (χ0) is 17.2. The van der Waals surface area contributed by atoms with Gasteiger partial charge in [-0.1, -0.05) is 12.1 Å². The van der Waals surface area contributed by atoms with Gasteiger partial charge >= 0.3 is 0 Å². The van der Waals surface area contributed by atoms with Gasteiger partial charge in [0.15, 0.2) is 0 Å². The predicted octanol–water partition coefficient (Wildman–Crippen LogP) is 3.87. The van der Waals surface area contributed by atoms with Gasteiger partial charge in [-0.15, -0.1) is 0 Å². The molecule has 0 saturated carbocycles. The number of halogens is 2. The standard InChI is InChI=1S/C19H21F2NO2/c20-16-6-3-15(4-7-16)5-12-19(23)22-13-1-2-14-24-18-10-8-17(21)9-11-18/h3-4,6-11H,1-2,5,12-14H2,(H,22,23). The molecule has 0 aliphatic carbocycles. The lowest BCUT2D eigenvalue weighted by Gasteiger charge is -2.07. The SMILES string of the molecule is O=C(CCc1ccc(F)cc1)NCCCCOc1ccc(F)cc1. The van der Waals surface area contributed by atoms with Crippen LogP contribution in [0.15, 0.2) is 48.5 Å². The van der Waals surface area contributed by atoms with E-state index in [2.05, 4.69) is 5.32 Å². The van der Waals surface area contributed by atoms with Crippen LogP contribution in [0, 0.1) is 11.6 Å². The van der Waals surface area contributed by atoms with Crippen LogP contribution < -0.4 is 10.1 Å². The van der Waals surface area contributed by atoms with E-state index in [1.807, 2.05) is 0 Å². The third-order valence-corrected chi connectivity index (χ3v) is 3.53. The molecule has 0 aliphatic rings. The largest absolute Gasteiger partial charge is 0.494 e. The van der Waals surface area contributed by atoms with Gasteiger partial charge in [0.2, 0.25) is 5.91 Å². The highest BCUT2D eigenvalue weighted by Crippen LogP contribution is 2.11. The van der Waals surface area contributed by atoms with Crippen molar-refractivity contribution in [2.75, 3.05) is 13.2 Å². The van der Waals surface area contributed by atoms with E-state index in [1.165, 1.54) is 24.3 Å². The number of aryl methyl sites for hydroxylation is 1. The van der Waals surface area contributed by atoms with Gasteiger partial charge in [0.1, 0.15) is 17.4 Å². The van der Waals surface area contributed by atoms with E-state index in [1.54, 1.807) is 24.3 Å². The Morgan fingerprint density at radius 3 is 2.21 bits per heavy atom. The molecule has 0 aliphatic heterocycles. The number of benzene rings is 2. The van der Waals surface area contributed by atoms with E-state index < -0.39 is 0 Å². The Labute approximate surface area is 140 Å². The molecule has 0 unspecified atom stereocenters. The quantitative estimate of drug-likeness (QED) is 0.708. The third kappa shape index (κ3) is 6.77. The Hall–Kier alpha value is -2.43. The second kappa shape index (κ2) is 9.65. The molecule has 24 heavy (non-hydrogen) atoms. The maximum Gasteiger partial charge on any atom is 0.220 e. The summed E-state index contributed by atoms with van der Waals surface area (Å²) in [5.41, 5.74) is 0.944. The molecule has 2 aromatic carbocycles. The molecular formula is C19H21F2NO2. The average molecular weight is 333 g/mol. The van der Waals surface area contributed by atoms with Crippen LogP contribution in [0.3, 0.4) is 0 Å². The van der Waals surface area contributed by atoms with Gasteiger partial charge in [0.05, 0.1) is 6.61 Å². The van der Waals surface area contributed by atoms with Crippen molar-refractivity contribution >= 4 is 5.91 Å². The Morgan fingerprint density at radius 1 is 0.917 bits per heavy atom. The number of carbonyl (C=O) groups excluding carboxylic acids is 1. The smallest absolute Gasteiger partial charge is 0.220 e. The lowest BCUT2D eigenvalue weighted by Crippen LogP contribution is -2.24. The number of unbranched alkanes of at least 4 members (excludes halogenated alkanes) is 1. The Kier molecular flexibility index (Phi) is 7.21. The molecule has 0 spiro atoms. The molecule has 0 aromatic heterocycles. The van der Waals surface area contributed by atoms with Crippen LogP contribution in [0.25, 0.3) is 0 Å². The van der Waals surface area contributed by atoms with Crippen molar-refractivity contribution in [1.82, 2.24) is 5.32 Å². The summed E-state index contributed by atoms with van der Waals surface area (Å²) in [7, 11) is 0. The molecule has 2 rings (SSSR count).